The van der Waals surface area contributed by atoms with Crippen LogP contribution in [0.1, 0.15) is 17.2 Å². The molecule has 0 aromatic heterocycles. The highest BCUT2D eigenvalue weighted by Gasteiger charge is 2.28. The first kappa shape index (κ1) is 24.4. The highest BCUT2D eigenvalue weighted by molar-refractivity contribution is 7.89. The van der Waals surface area contributed by atoms with Crippen LogP contribution in [0.4, 0.5) is 13.2 Å². The number of piperazine rings is 1. The average molecular weight is 491 g/mol. The molecule has 0 aliphatic carbocycles. The topological polar surface area (TPSA) is 49.9 Å². The molecule has 1 aliphatic heterocycles. The van der Waals surface area contributed by atoms with Crippen LogP contribution in [0.2, 0.25) is 0 Å². The normalized spacial score (nSPS) is 16.4. The molecule has 34 heavy (non-hydrogen) atoms. The lowest BCUT2D eigenvalue weighted by atomic mass is 10.0. The Bertz CT molecular complexity index is 1200. The van der Waals surface area contributed by atoms with E-state index in [4.69, 9.17) is 4.74 Å². The van der Waals surface area contributed by atoms with Crippen LogP contribution in [0.3, 0.4) is 0 Å². The molecule has 1 unspecified atom stereocenters. The summed E-state index contributed by atoms with van der Waals surface area (Å²) in [4.78, 5) is 2.16. The van der Waals surface area contributed by atoms with Crippen LogP contribution in [0, 0.1) is 17.5 Å². The molecule has 1 fully saturated rings. The SMILES string of the molecule is O=S(=O)(c1ccc(F)cc1)N1CCN(CCOC(c2ccccc2)c2ccc(F)c(F)c2)CC1. The fraction of sp³-hybridized carbons (Fsp3) is 0.280. The van der Waals surface area contributed by atoms with Gasteiger partial charge in [-0.2, -0.15) is 4.31 Å². The van der Waals surface area contributed by atoms with Gasteiger partial charge in [-0.25, -0.2) is 21.6 Å². The molecule has 0 spiro atoms. The second kappa shape index (κ2) is 10.7. The molecule has 0 radical (unpaired) electrons. The molecular formula is C25H25F3N2O3S. The largest absolute Gasteiger partial charge is 0.367 e. The zero-order valence-electron chi connectivity index (χ0n) is 18.4. The summed E-state index contributed by atoms with van der Waals surface area (Å²) in [5, 5.41) is 0. The van der Waals surface area contributed by atoms with Crippen LogP contribution in [0.15, 0.2) is 77.7 Å². The summed E-state index contributed by atoms with van der Waals surface area (Å²) in [5.74, 6) is -2.33. The molecule has 3 aromatic carbocycles. The van der Waals surface area contributed by atoms with Crippen LogP contribution in [0.25, 0.3) is 0 Å². The summed E-state index contributed by atoms with van der Waals surface area (Å²) in [6, 6.07) is 17.9. The van der Waals surface area contributed by atoms with E-state index in [0.717, 1.165) is 29.8 Å². The molecule has 3 aromatic rings. The highest BCUT2D eigenvalue weighted by Crippen LogP contribution is 2.27. The third-order valence-corrected chi connectivity index (χ3v) is 7.74. The van der Waals surface area contributed by atoms with Gasteiger partial charge < -0.3 is 4.74 Å². The van der Waals surface area contributed by atoms with Crippen molar-refractivity contribution in [3.8, 4) is 0 Å². The predicted octanol–water partition coefficient (Wildman–Crippen LogP) is 4.22. The fourth-order valence-corrected chi connectivity index (χ4v) is 5.36. The summed E-state index contributed by atoms with van der Waals surface area (Å²) in [6.07, 6.45) is -0.559. The molecule has 1 heterocycles. The quantitative estimate of drug-likeness (QED) is 0.475. The first-order chi connectivity index (χ1) is 16.3. The minimum atomic E-state index is -3.67. The van der Waals surface area contributed by atoms with Gasteiger partial charge in [0.2, 0.25) is 10.0 Å². The van der Waals surface area contributed by atoms with Crippen molar-refractivity contribution in [2.24, 2.45) is 0 Å². The van der Waals surface area contributed by atoms with E-state index in [1.165, 1.54) is 22.5 Å². The van der Waals surface area contributed by atoms with Crippen molar-refractivity contribution in [2.75, 3.05) is 39.3 Å². The predicted molar refractivity (Wildman–Crippen MR) is 122 cm³/mol. The fourth-order valence-electron chi connectivity index (χ4n) is 3.94. The number of rotatable bonds is 8. The third kappa shape index (κ3) is 5.67. The second-order valence-corrected chi connectivity index (χ2v) is 9.97. The standard InChI is InChI=1S/C25H25F3N2O3S/c26-21-7-9-22(10-8-21)34(31,32)30-14-12-29(13-15-30)16-17-33-25(19-4-2-1-3-5-19)20-6-11-23(27)24(28)18-20/h1-11,18,25H,12-17H2. The number of halogens is 3. The van der Waals surface area contributed by atoms with Crippen molar-refractivity contribution in [3.63, 3.8) is 0 Å². The van der Waals surface area contributed by atoms with Crippen LogP contribution in [-0.4, -0.2) is 57.0 Å². The Labute approximate surface area is 197 Å². The molecule has 0 saturated carbocycles. The van der Waals surface area contributed by atoms with Crippen molar-refractivity contribution in [1.29, 1.82) is 0 Å². The Morgan fingerprint density at radius 3 is 2.12 bits per heavy atom. The van der Waals surface area contributed by atoms with E-state index in [1.54, 1.807) is 0 Å². The number of hydrogen-bond acceptors (Lipinski definition) is 4. The molecule has 9 heteroatoms. The second-order valence-electron chi connectivity index (χ2n) is 8.03. The van der Waals surface area contributed by atoms with E-state index in [1.807, 2.05) is 30.3 Å². The zero-order chi connectivity index (χ0) is 24.1. The van der Waals surface area contributed by atoms with E-state index in [9.17, 15) is 21.6 Å². The van der Waals surface area contributed by atoms with Gasteiger partial charge >= 0.3 is 0 Å². The minimum absolute atomic E-state index is 0.0721. The van der Waals surface area contributed by atoms with Gasteiger partial charge in [-0.3, -0.25) is 4.90 Å². The Balaban J connectivity index is 1.35. The number of ether oxygens (including phenoxy) is 1. The minimum Gasteiger partial charge on any atom is -0.367 e. The van der Waals surface area contributed by atoms with Crippen LogP contribution in [-0.2, 0) is 14.8 Å². The van der Waals surface area contributed by atoms with Crippen molar-refractivity contribution >= 4 is 10.0 Å². The van der Waals surface area contributed by atoms with Gasteiger partial charge in [0, 0.05) is 32.7 Å². The molecule has 0 bridgehead atoms. The number of hydrogen-bond donors (Lipinski definition) is 0. The van der Waals surface area contributed by atoms with Crippen LogP contribution in [0.5, 0.6) is 0 Å². The summed E-state index contributed by atoms with van der Waals surface area (Å²) in [5.41, 5.74) is 1.34. The lowest BCUT2D eigenvalue weighted by Crippen LogP contribution is -2.49. The van der Waals surface area contributed by atoms with Crippen molar-refractivity contribution in [3.05, 3.63) is 101 Å². The molecule has 1 atom stereocenters. The Morgan fingerprint density at radius 1 is 0.794 bits per heavy atom. The van der Waals surface area contributed by atoms with Crippen molar-refractivity contribution in [1.82, 2.24) is 9.21 Å². The number of nitrogens with zero attached hydrogens (tertiary/aromatic N) is 2. The molecule has 4 rings (SSSR count). The maximum absolute atomic E-state index is 13.8. The van der Waals surface area contributed by atoms with Gasteiger partial charge in [0.15, 0.2) is 11.6 Å². The van der Waals surface area contributed by atoms with Crippen LogP contribution < -0.4 is 0 Å². The van der Waals surface area contributed by atoms with Gasteiger partial charge in [-0.15, -0.1) is 0 Å². The monoisotopic (exact) mass is 490 g/mol. The summed E-state index contributed by atoms with van der Waals surface area (Å²) < 4.78 is 73.4. The first-order valence-electron chi connectivity index (χ1n) is 10.9. The molecular weight excluding hydrogens is 465 g/mol. The highest BCUT2D eigenvalue weighted by atomic mass is 32.2. The lowest BCUT2D eigenvalue weighted by Gasteiger charge is -2.34. The molecule has 180 valence electrons. The van der Waals surface area contributed by atoms with Crippen LogP contribution >= 0.6 is 0 Å². The van der Waals surface area contributed by atoms with Gasteiger partial charge in [0.1, 0.15) is 11.9 Å². The first-order valence-corrected chi connectivity index (χ1v) is 12.4. The van der Waals surface area contributed by atoms with E-state index < -0.39 is 33.6 Å². The molecule has 5 nitrogen and oxygen atoms in total. The van der Waals surface area contributed by atoms with E-state index in [2.05, 4.69) is 4.90 Å². The van der Waals surface area contributed by atoms with E-state index >= 15 is 0 Å². The molecule has 1 aliphatic rings. The number of benzene rings is 3. The molecule has 1 saturated heterocycles. The Hall–Kier alpha value is -2.72. The molecule has 0 N–H and O–H groups in total. The Morgan fingerprint density at radius 2 is 1.47 bits per heavy atom. The van der Waals surface area contributed by atoms with Gasteiger partial charge in [0.05, 0.1) is 11.5 Å². The third-order valence-electron chi connectivity index (χ3n) is 5.82. The summed E-state index contributed by atoms with van der Waals surface area (Å²) in [7, 11) is -3.67. The molecule has 0 amide bonds. The average Bonchev–Trinajstić information content (AvgIpc) is 2.85. The van der Waals surface area contributed by atoms with E-state index in [0.29, 0.717) is 44.9 Å². The lowest BCUT2D eigenvalue weighted by molar-refractivity contribution is 0.0525. The van der Waals surface area contributed by atoms with Gasteiger partial charge in [-0.1, -0.05) is 36.4 Å². The Kier molecular flexibility index (Phi) is 7.67. The van der Waals surface area contributed by atoms with E-state index in [-0.39, 0.29) is 4.90 Å². The smallest absolute Gasteiger partial charge is 0.243 e. The van der Waals surface area contributed by atoms with Crippen molar-refractivity contribution in [2.45, 2.75) is 11.0 Å². The number of sulfonamides is 1. The summed E-state index contributed by atoms with van der Waals surface area (Å²) >= 11 is 0. The zero-order valence-corrected chi connectivity index (χ0v) is 19.2. The maximum atomic E-state index is 13.8. The summed E-state index contributed by atoms with van der Waals surface area (Å²) in [6.45, 7) is 2.53. The van der Waals surface area contributed by atoms with Crippen molar-refractivity contribution < 1.29 is 26.3 Å². The maximum Gasteiger partial charge on any atom is 0.243 e. The van der Waals surface area contributed by atoms with Gasteiger partial charge in [0.25, 0.3) is 0 Å². The van der Waals surface area contributed by atoms with Gasteiger partial charge in [-0.05, 0) is 47.5 Å².